The average molecular weight is 318 g/mol. The molecule has 0 unspecified atom stereocenters. The summed E-state index contributed by atoms with van der Waals surface area (Å²) in [5.74, 6) is 0.561. The number of rotatable bonds is 4. The van der Waals surface area contributed by atoms with Crippen LogP contribution in [0.2, 0.25) is 5.02 Å². The van der Waals surface area contributed by atoms with E-state index in [1.54, 1.807) is 42.5 Å². The third-order valence-corrected chi connectivity index (χ3v) is 3.43. The smallest absolute Gasteiger partial charge is 0.251 e. The number of benzene rings is 2. The number of amides is 1. The molecule has 22 heavy (non-hydrogen) atoms. The van der Waals surface area contributed by atoms with Gasteiger partial charge in [0, 0.05) is 16.1 Å². The first-order chi connectivity index (χ1) is 10.6. The molecule has 3 rings (SSSR count). The first-order valence-corrected chi connectivity index (χ1v) is 6.98. The summed E-state index contributed by atoms with van der Waals surface area (Å²) in [5, 5.41) is 3.06. The van der Waals surface area contributed by atoms with E-state index >= 15 is 0 Å². The molecule has 1 heterocycles. The second-order valence-electron chi connectivity index (χ2n) is 4.68. The van der Waals surface area contributed by atoms with Gasteiger partial charge in [-0.25, -0.2) is 0 Å². The van der Waals surface area contributed by atoms with Gasteiger partial charge in [0.1, 0.15) is 0 Å². The number of carbonyl (C=O) groups excluding carboxylic acids is 2. The Morgan fingerprint density at radius 1 is 1.05 bits per heavy atom. The predicted octanol–water partition coefficient (Wildman–Crippen LogP) is 2.68. The van der Waals surface area contributed by atoms with Gasteiger partial charge in [-0.15, -0.1) is 0 Å². The highest BCUT2D eigenvalue weighted by atomic mass is 35.5. The monoisotopic (exact) mass is 317 g/mol. The minimum absolute atomic E-state index is 0.104. The molecule has 0 atom stereocenters. The van der Waals surface area contributed by atoms with Crippen LogP contribution in [-0.2, 0) is 0 Å². The van der Waals surface area contributed by atoms with Gasteiger partial charge in [0.2, 0.25) is 6.79 Å². The first kappa shape index (κ1) is 14.4. The van der Waals surface area contributed by atoms with Crippen molar-refractivity contribution in [2.24, 2.45) is 0 Å². The zero-order chi connectivity index (χ0) is 15.5. The summed E-state index contributed by atoms with van der Waals surface area (Å²) < 4.78 is 10.4. The Morgan fingerprint density at radius 3 is 2.68 bits per heavy atom. The number of fused-ring (bicyclic) bond motifs is 1. The van der Waals surface area contributed by atoms with Crippen molar-refractivity contribution < 1.29 is 19.1 Å². The highest BCUT2D eigenvalue weighted by Crippen LogP contribution is 2.32. The van der Waals surface area contributed by atoms with Gasteiger partial charge in [-0.3, -0.25) is 9.59 Å². The fourth-order valence-electron chi connectivity index (χ4n) is 2.06. The molecule has 0 fully saturated rings. The summed E-state index contributed by atoms with van der Waals surface area (Å²) in [6.07, 6.45) is 0. The van der Waals surface area contributed by atoms with E-state index in [-0.39, 0.29) is 25.0 Å². The fraction of sp³-hybridized carbons (Fsp3) is 0.125. The number of halogens is 1. The SMILES string of the molecule is O=C(CNC(=O)c1ccc2c(c1)OCO2)c1cccc(Cl)c1. The van der Waals surface area contributed by atoms with Crippen LogP contribution in [0.5, 0.6) is 11.5 Å². The lowest BCUT2D eigenvalue weighted by Crippen LogP contribution is -2.29. The van der Waals surface area contributed by atoms with Crippen molar-refractivity contribution in [1.29, 1.82) is 0 Å². The first-order valence-electron chi connectivity index (χ1n) is 6.60. The molecular formula is C16H12ClNO4. The number of ether oxygens (including phenoxy) is 2. The van der Waals surface area contributed by atoms with E-state index in [1.807, 2.05) is 0 Å². The van der Waals surface area contributed by atoms with Crippen molar-refractivity contribution >= 4 is 23.3 Å². The molecule has 1 aliphatic heterocycles. The Balaban J connectivity index is 1.64. The number of ketones is 1. The Labute approximate surface area is 131 Å². The van der Waals surface area contributed by atoms with Crippen LogP contribution in [0.4, 0.5) is 0 Å². The van der Waals surface area contributed by atoms with Crippen molar-refractivity contribution in [3.63, 3.8) is 0 Å². The summed E-state index contributed by atoms with van der Waals surface area (Å²) in [6.45, 7) is 0.0429. The summed E-state index contributed by atoms with van der Waals surface area (Å²) in [6, 6.07) is 11.5. The molecule has 0 aromatic heterocycles. The molecule has 1 N–H and O–H groups in total. The van der Waals surface area contributed by atoms with Gasteiger partial charge < -0.3 is 14.8 Å². The maximum Gasteiger partial charge on any atom is 0.251 e. The van der Waals surface area contributed by atoms with Crippen LogP contribution in [0.15, 0.2) is 42.5 Å². The largest absolute Gasteiger partial charge is 0.454 e. The van der Waals surface area contributed by atoms with Gasteiger partial charge in [-0.2, -0.15) is 0 Å². The van der Waals surface area contributed by atoms with Crippen LogP contribution in [-0.4, -0.2) is 25.0 Å². The molecule has 112 valence electrons. The lowest BCUT2D eigenvalue weighted by atomic mass is 10.1. The molecule has 0 saturated carbocycles. The number of Topliss-reactive ketones (excluding diaryl/α,β-unsaturated/α-hetero) is 1. The van der Waals surface area contributed by atoms with E-state index in [1.165, 1.54) is 0 Å². The van der Waals surface area contributed by atoms with Crippen LogP contribution in [0, 0.1) is 0 Å². The van der Waals surface area contributed by atoms with Crippen molar-refractivity contribution in [3.05, 3.63) is 58.6 Å². The normalized spacial score (nSPS) is 12.0. The van der Waals surface area contributed by atoms with Crippen LogP contribution in [0.3, 0.4) is 0 Å². The van der Waals surface area contributed by atoms with Crippen molar-refractivity contribution in [2.75, 3.05) is 13.3 Å². The van der Waals surface area contributed by atoms with Crippen molar-refractivity contribution in [3.8, 4) is 11.5 Å². The summed E-state index contributed by atoms with van der Waals surface area (Å²) in [4.78, 5) is 24.1. The highest BCUT2D eigenvalue weighted by molar-refractivity contribution is 6.31. The molecule has 0 radical (unpaired) electrons. The quantitative estimate of drug-likeness (QED) is 0.881. The Kier molecular flexibility index (Phi) is 3.98. The van der Waals surface area contributed by atoms with E-state index in [0.29, 0.717) is 27.6 Å². The zero-order valence-corrected chi connectivity index (χ0v) is 12.2. The maximum absolute atomic E-state index is 12.1. The van der Waals surface area contributed by atoms with E-state index in [2.05, 4.69) is 5.32 Å². The molecule has 2 aromatic rings. The van der Waals surface area contributed by atoms with Crippen molar-refractivity contribution in [2.45, 2.75) is 0 Å². The number of hydrogen-bond acceptors (Lipinski definition) is 4. The number of nitrogens with one attached hydrogen (secondary N) is 1. The van der Waals surface area contributed by atoms with Crippen LogP contribution >= 0.6 is 11.6 Å². The molecular weight excluding hydrogens is 306 g/mol. The molecule has 0 spiro atoms. The summed E-state index contributed by atoms with van der Waals surface area (Å²) in [7, 11) is 0. The zero-order valence-electron chi connectivity index (χ0n) is 11.5. The molecule has 2 aromatic carbocycles. The van der Waals surface area contributed by atoms with Gasteiger partial charge in [0.15, 0.2) is 17.3 Å². The lowest BCUT2D eigenvalue weighted by molar-refractivity contribution is 0.0904. The second-order valence-corrected chi connectivity index (χ2v) is 5.12. The topological polar surface area (TPSA) is 64.6 Å². The minimum Gasteiger partial charge on any atom is -0.454 e. The van der Waals surface area contributed by atoms with Gasteiger partial charge in [-0.05, 0) is 30.3 Å². The molecule has 6 heteroatoms. The van der Waals surface area contributed by atoms with Crippen LogP contribution < -0.4 is 14.8 Å². The molecule has 0 aliphatic carbocycles. The Bertz CT molecular complexity index is 745. The van der Waals surface area contributed by atoms with Crippen LogP contribution in [0.25, 0.3) is 0 Å². The van der Waals surface area contributed by atoms with E-state index < -0.39 is 0 Å². The molecule has 0 bridgehead atoms. The fourth-order valence-corrected chi connectivity index (χ4v) is 2.25. The maximum atomic E-state index is 12.1. The lowest BCUT2D eigenvalue weighted by Gasteiger charge is -2.06. The van der Waals surface area contributed by atoms with E-state index in [9.17, 15) is 9.59 Å². The molecule has 0 saturated heterocycles. The molecule has 1 amide bonds. The standard InChI is InChI=1S/C16H12ClNO4/c17-12-3-1-2-10(6-12)13(19)8-18-16(20)11-4-5-14-15(7-11)22-9-21-14/h1-7H,8-9H2,(H,18,20). The van der Waals surface area contributed by atoms with Gasteiger partial charge >= 0.3 is 0 Å². The number of hydrogen-bond donors (Lipinski definition) is 1. The van der Waals surface area contributed by atoms with Gasteiger partial charge in [-0.1, -0.05) is 23.7 Å². The summed E-state index contributed by atoms with van der Waals surface area (Å²) in [5.41, 5.74) is 0.863. The Morgan fingerprint density at radius 2 is 1.86 bits per heavy atom. The second kappa shape index (κ2) is 6.07. The third-order valence-electron chi connectivity index (χ3n) is 3.19. The van der Waals surface area contributed by atoms with E-state index in [4.69, 9.17) is 21.1 Å². The molecule has 1 aliphatic rings. The minimum atomic E-state index is -0.353. The highest BCUT2D eigenvalue weighted by Gasteiger charge is 2.16. The van der Waals surface area contributed by atoms with Gasteiger partial charge in [0.25, 0.3) is 5.91 Å². The third kappa shape index (κ3) is 3.04. The predicted molar refractivity (Wildman–Crippen MR) is 80.7 cm³/mol. The average Bonchev–Trinajstić information content (AvgIpc) is 2.99. The molecule has 5 nitrogen and oxygen atoms in total. The van der Waals surface area contributed by atoms with Gasteiger partial charge in [0.05, 0.1) is 6.54 Å². The summed E-state index contributed by atoms with van der Waals surface area (Å²) >= 11 is 5.84. The van der Waals surface area contributed by atoms with Crippen LogP contribution in [0.1, 0.15) is 20.7 Å². The number of carbonyl (C=O) groups is 2. The Hall–Kier alpha value is -2.53. The van der Waals surface area contributed by atoms with Crippen molar-refractivity contribution in [1.82, 2.24) is 5.32 Å². The van der Waals surface area contributed by atoms with E-state index in [0.717, 1.165) is 0 Å².